The fraction of sp³-hybridized carbons (Fsp3) is 0.538. The molecule has 4 rings (SSSR count). The van der Waals surface area contributed by atoms with Crippen molar-refractivity contribution in [2.45, 2.75) is 31.5 Å². The van der Waals surface area contributed by atoms with Crippen LogP contribution in [-0.4, -0.2) is 39.4 Å². The Morgan fingerprint density at radius 3 is 3.32 bits per heavy atom. The smallest absolute Gasteiger partial charge is 0.243 e. The molecule has 6 nitrogen and oxygen atoms in total. The molecule has 4 unspecified atom stereocenters. The van der Waals surface area contributed by atoms with Gasteiger partial charge in [0, 0.05) is 24.8 Å². The van der Waals surface area contributed by atoms with Crippen LogP contribution in [0.4, 0.5) is 5.95 Å². The van der Waals surface area contributed by atoms with Crippen molar-refractivity contribution < 1.29 is 4.74 Å². The summed E-state index contributed by atoms with van der Waals surface area (Å²) in [6.45, 7) is 2.86. The van der Waals surface area contributed by atoms with Crippen molar-refractivity contribution in [1.29, 1.82) is 0 Å². The van der Waals surface area contributed by atoms with E-state index in [4.69, 9.17) is 10.5 Å². The Balaban J connectivity index is 1.58. The summed E-state index contributed by atoms with van der Waals surface area (Å²) in [6, 6.07) is 4.29. The number of nitrogens with zero attached hydrogens (tertiary/aromatic N) is 3. The van der Waals surface area contributed by atoms with Crippen molar-refractivity contribution in [3.8, 4) is 0 Å². The van der Waals surface area contributed by atoms with Gasteiger partial charge in [-0.2, -0.15) is 4.98 Å². The van der Waals surface area contributed by atoms with Crippen molar-refractivity contribution in [3.05, 3.63) is 23.9 Å². The summed E-state index contributed by atoms with van der Waals surface area (Å²) < 4.78 is 7.47. The normalized spacial score (nSPS) is 33.2. The number of pyridine rings is 1. The molecule has 1 saturated carbocycles. The summed E-state index contributed by atoms with van der Waals surface area (Å²) in [5, 5.41) is 7.72. The van der Waals surface area contributed by atoms with Crippen molar-refractivity contribution in [2.75, 3.05) is 11.9 Å². The van der Waals surface area contributed by atoms with Gasteiger partial charge < -0.3 is 15.8 Å². The van der Waals surface area contributed by atoms with Gasteiger partial charge in [-0.3, -0.25) is 0 Å². The minimum absolute atomic E-state index is 0.131. The molecule has 0 amide bonds. The molecule has 2 fully saturated rings. The Labute approximate surface area is 111 Å². The van der Waals surface area contributed by atoms with E-state index in [0.29, 0.717) is 11.9 Å². The number of rotatable bonds is 2. The molecule has 2 aromatic heterocycles. The molecule has 6 heteroatoms. The molecule has 2 aliphatic rings. The highest BCUT2D eigenvalue weighted by atomic mass is 16.5. The first-order valence-corrected chi connectivity index (χ1v) is 6.69. The zero-order valence-electron chi connectivity index (χ0n) is 10.8. The fourth-order valence-electron chi connectivity index (χ4n) is 3.12. The lowest BCUT2D eigenvalue weighted by molar-refractivity contribution is 0.00510. The average Bonchev–Trinajstić information content (AvgIpc) is 2.98. The largest absolute Gasteiger partial charge is 0.376 e. The van der Waals surface area contributed by atoms with Crippen LogP contribution < -0.4 is 11.1 Å². The summed E-state index contributed by atoms with van der Waals surface area (Å²) in [6.07, 6.45) is 3.21. The molecule has 3 heterocycles. The van der Waals surface area contributed by atoms with Gasteiger partial charge in [0.05, 0.1) is 12.1 Å². The SMILES string of the molecule is Cc1ccn2nc(NC3C(N)C4CCOC43)nc2c1. The second-order valence-corrected chi connectivity index (χ2v) is 5.48. The monoisotopic (exact) mass is 259 g/mol. The van der Waals surface area contributed by atoms with E-state index in [2.05, 4.69) is 15.4 Å². The highest BCUT2D eigenvalue weighted by Crippen LogP contribution is 2.38. The molecule has 0 radical (unpaired) electrons. The second-order valence-electron chi connectivity index (χ2n) is 5.48. The molecule has 2 aromatic rings. The summed E-state index contributed by atoms with van der Waals surface area (Å²) >= 11 is 0. The van der Waals surface area contributed by atoms with Crippen LogP contribution in [0, 0.1) is 12.8 Å². The fourth-order valence-corrected chi connectivity index (χ4v) is 3.12. The van der Waals surface area contributed by atoms with Crippen LogP contribution in [-0.2, 0) is 4.74 Å². The maximum Gasteiger partial charge on any atom is 0.243 e. The number of nitrogens with two attached hydrogens (primary N) is 1. The van der Waals surface area contributed by atoms with Crippen LogP contribution in [0.5, 0.6) is 0 Å². The van der Waals surface area contributed by atoms with Crippen molar-refractivity contribution >= 4 is 11.6 Å². The van der Waals surface area contributed by atoms with Gasteiger partial charge in [-0.05, 0) is 31.0 Å². The zero-order valence-corrected chi connectivity index (χ0v) is 10.8. The van der Waals surface area contributed by atoms with Gasteiger partial charge >= 0.3 is 0 Å². The van der Waals surface area contributed by atoms with Gasteiger partial charge in [-0.25, -0.2) is 4.52 Å². The lowest BCUT2D eigenvalue weighted by atomic mass is 9.72. The first-order valence-electron chi connectivity index (χ1n) is 6.69. The zero-order chi connectivity index (χ0) is 13.0. The number of hydrogen-bond donors (Lipinski definition) is 2. The highest BCUT2D eigenvalue weighted by Gasteiger charge is 2.52. The lowest BCUT2D eigenvalue weighted by Gasteiger charge is -2.45. The van der Waals surface area contributed by atoms with Crippen LogP contribution in [0.2, 0.25) is 0 Å². The number of fused-ring (bicyclic) bond motifs is 2. The predicted octanol–water partition coefficient (Wildman–Crippen LogP) is 0.564. The van der Waals surface area contributed by atoms with Crippen molar-refractivity contribution in [1.82, 2.24) is 14.6 Å². The maximum absolute atomic E-state index is 6.17. The summed E-state index contributed by atoms with van der Waals surface area (Å²) in [5.41, 5.74) is 8.19. The number of aromatic nitrogens is 3. The van der Waals surface area contributed by atoms with Crippen LogP contribution in [0.25, 0.3) is 5.65 Å². The van der Waals surface area contributed by atoms with Crippen molar-refractivity contribution in [3.63, 3.8) is 0 Å². The Hall–Kier alpha value is -1.66. The van der Waals surface area contributed by atoms with Crippen LogP contribution in [0.3, 0.4) is 0 Å². The van der Waals surface area contributed by atoms with E-state index < -0.39 is 0 Å². The topological polar surface area (TPSA) is 77.5 Å². The average molecular weight is 259 g/mol. The van der Waals surface area contributed by atoms with Gasteiger partial charge in [-0.1, -0.05) is 0 Å². The number of aryl methyl sites for hydroxylation is 1. The third kappa shape index (κ3) is 1.63. The molecule has 4 atom stereocenters. The molecular formula is C13H17N5O. The maximum atomic E-state index is 6.17. The molecule has 19 heavy (non-hydrogen) atoms. The number of anilines is 1. The van der Waals surface area contributed by atoms with E-state index in [1.165, 1.54) is 5.56 Å². The third-order valence-electron chi connectivity index (χ3n) is 4.24. The molecule has 0 aromatic carbocycles. The van der Waals surface area contributed by atoms with Gasteiger partial charge in [0.1, 0.15) is 0 Å². The van der Waals surface area contributed by atoms with E-state index in [9.17, 15) is 0 Å². The molecule has 1 aliphatic carbocycles. The molecule has 3 N–H and O–H groups in total. The minimum atomic E-state index is 0.131. The van der Waals surface area contributed by atoms with E-state index in [1.54, 1.807) is 4.52 Å². The summed E-state index contributed by atoms with van der Waals surface area (Å²) in [5.74, 6) is 1.12. The molecule has 0 bridgehead atoms. The highest BCUT2D eigenvalue weighted by molar-refractivity contribution is 5.46. The van der Waals surface area contributed by atoms with E-state index in [-0.39, 0.29) is 18.2 Å². The first-order chi connectivity index (χ1) is 9.22. The van der Waals surface area contributed by atoms with Gasteiger partial charge in [-0.15, -0.1) is 5.10 Å². The quantitative estimate of drug-likeness (QED) is 0.824. The minimum Gasteiger partial charge on any atom is -0.376 e. The Morgan fingerprint density at radius 1 is 1.53 bits per heavy atom. The molecule has 1 saturated heterocycles. The second kappa shape index (κ2) is 3.91. The van der Waals surface area contributed by atoms with Crippen molar-refractivity contribution in [2.24, 2.45) is 11.7 Å². The van der Waals surface area contributed by atoms with Crippen LogP contribution in [0.15, 0.2) is 18.3 Å². The lowest BCUT2D eigenvalue weighted by Crippen LogP contribution is -2.65. The Bertz CT molecular complexity index is 625. The Kier molecular flexibility index (Phi) is 2.31. The molecular weight excluding hydrogens is 242 g/mol. The van der Waals surface area contributed by atoms with E-state index in [0.717, 1.165) is 18.7 Å². The number of hydrogen-bond acceptors (Lipinski definition) is 5. The first kappa shape index (κ1) is 11.2. The molecule has 0 spiro atoms. The number of ether oxygens (including phenoxy) is 1. The van der Waals surface area contributed by atoms with E-state index >= 15 is 0 Å². The Morgan fingerprint density at radius 2 is 2.42 bits per heavy atom. The number of nitrogens with one attached hydrogen (secondary N) is 1. The van der Waals surface area contributed by atoms with Gasteiger partial charge in [0.25, 0.3) is 0 Å². The predicted molar refractivity (Wildman–Crippen MR) is 71.0 cm³/mol. The van der Waals surface area contributed by atoms with Crippen LogP contribution in [0.1, 0.15) is 12.0 Å². The van der Waals surface area contributed by atoms with Gasteiger partial charge in [0.2, 0.25) is 5.95 Å². The summed E-state index contributed by atoms with van der Waals surface area (Å²) in [7, 11) is 0. The van der Waals surface area contributed by atoms with Gasteiger partial charge in [0.15, 0.2) is 5.65 Å². The molecule has 1 aliphatic heterocycles. The van der Waals surface area contributed by atoms with Crippen LogP contribution >= 0.6 is 0 Å². The summed E-state index contributed by atoms with van der Waals surface area (Å²) in [4.78, 5) is 4.47. The molecule has 100 valence electrons. The van der Waals surface area contributed by atoms with E-state index in [1.807, 2.05) is 25.3 Å². The standard InChI is InChI=1S/C13H17N5O/c1-7-2-4-18-9(6-7)15-13(17-18)16-11-10(14)8-3-5-19-12(8)11/h2,4,6,8,10-12H,3,5,14H2,1H3,(H,16,17). The third-order valence-corrected chi connectivity index (χ3v) is 4.24.